The zero-order valence-corrected chi connectivity index (χ0v) is 8.58. The Morgan fingerprint density at radius 2 is 1.86 bits per heavy atom. The molecule has 0 bridgehead atoms. The predicted molar refractivity (Wildman–Crippen MR) is 55.2 cm³/mol. The maximum Gasteiger partial charge on any atom is 0.229 e. The molecule has 77 valence electrons. The fourth-order valence-corrected chi connectivity index (χ4v) is 1.55. The second kappa shape index (κ2) is 3.98. The van der Waals surface area contributed by atoms with Gasteiger partial charge < -0.3 is 5.11 Å². The van der Waals surface area contributed by atoms with Gasteiger partial charge in [0.1, 0.15) is 0 Å². The average Bonchev–Trinajstić information content (AvgIpc) is 2.02. The molecule has 4 nitrogen and oxygen atoms in total. The van der Waals surface area contributed by atoms with Crippen LogP contribution in [0.1, 0.15) is 11.7 Å². The Balaban J connectivity index is 2.84. The van der Waals surface area contributed by atoms with Gasteiger partial charge in [-0.1, -0.05) is 12.1 Å². The molecule has 1 rings (SSSR count). The molecule has 1 unspecified atom stereocenters. The summed E-state index contributed by atoms with van der Waals surface area (Å²) in [6, 6.07) is 6.38. The fraction of sp³-hybridized carbons (Fsp3) is 0.222. The summed E-state index contributed by atoms with van der Waals surface area (Å²) in [6.07, 6.45) is 0.291. The number of rotatable bonds is 3. The van der Waals surface area contributed by atoms with Crippen molar-refractivity contribution in [2.24, 2.45) is 0 Å². The predicted octanol–water partition coefficient (Wildman–Crippen LogP) is 0.926. The Morgan fingerprint density at radius 3 is 2.21 bits per heavy atom. The summed E-state index contributed by atoms with van der Waals surface area (Å²) in [5.41, 5.74) is 1.11. The van der Waals surface area contributed by atoms with Crippen LogP contribution in [0.25, 0.3) is 0 Å². The maximum atomic E-state index is 10.8. The van der Waals surface area contributed by atoms with Gasteiger partial charge in [0.15, 0.2) is 0 Å². The topological polar surface area (TPSA) is 66.4 Å². The molecule has 0 saturated heterocycles. The molecule has 2 N–H and O–H groups in total. The number of sulfonamides is 1. The molecule has 0 aliphatic heterocycles. The molecule has 1 aromatic carbocycles. The van der Waals surface area contributed by atoms with Gasteiger partial charge in [-0.25, -0.2) is 8.42 Å². The zero-order chi connectivity index (χ0) is 10.8. The summed E-state index contributed by atoms with van der Waals surface area (Å²) in [5.74, 6) is 0. The molecule has 1 atom stereocenters. The number of hydrogen-bond acceptors (Lipinski definition) is 3. The van der Waals surface area contributed by atoms with Gasteiger partial charge in [-0.05, 0) is 24.6 Å². The molecule has 1 radical (unpaired) electrons. The van der Waals surface area contributed by atoms with Crippen molar-refractivity contribution < 1.29 is 13.5 Å². The van der Waals surface area contributed by atoms with Crippen LogP contribution in [-0.2, 0) is 10.0 Å². The van der Waals surface area contributed by atoms with Crippen molar-refractivity contribution in [3.8, 4) is 0 Å². The first-order valence-electron chi connectivity index (χ1n) is 3.97. The maximum absolute atomic E-state index is 10.8. The molecule has 0 spiro atoms. The van der Waals surface area contributed by atoms with Crippen molar-refractivity contribution in [3.05, 3.63) is 36.8 Å². The number of hydrogen-bond donors (Lipinski definition) is 2. The average molecular weight is 214 g/mol. The summed E-state index contributed by atoms with van der Waals surface area (Å²) >= 11 is 0. The van der Waals surface area contributed by atoms with Crippen molar-refractivity contribution in [1.29, 1.82) is 0 Å². The van der Waals surface area contributed by atoms with Crippen molar-refractivity contribution in [3.63, 3.8) is 0 Å². The first kappa shape index (κ1) is 11.0. The second-order valence-electron chi connectivity index (χ2n) is 3.01. The minimum atomic E-state index is -3.24. The van der Waals surface area contributed by atoms with E-state index in [1.54, 1.807) is 24.3 Å². The quantitative estimate of drug-likeness (QED) is 0.786. The Kier molecular flexibility index (Phi) is 3.13. The van der Waals surface area contributed by atoms with Crippen LogP contribution in [0.4, 0.5) is 5.69 Å². The van der Waals surface area contributed by atoms with E-state index in [-0.39, 0.29) is 0 Å². The summed E-state index contributed by atoms with van der Waals surface area (Å²) in [6.45, 7) is 3.43. The highest BCUT2D eigenvalue weighted by Gasteiger charge is 2.03. The molecular weight excluding hydrogens is 202 g/mol. The van der Waals surface area contributed by atoms with Gasteiger partial charge in [0.05, 0.1) is 12.4 Å². The zero-order valence-electron chi connectivity index (χ0n) is 7.77. The minimum absolute atomic E-state index is 0.469. The van der Waals surface area contributed by atoms with E-state index in [1.165, 1.54) is 0 Å². The Labute approximate surface area is 83.6 Å². The van der Waals surface area contributed by atoms with Crippen LogP contribution in [-0.4, -0.2) is 19.8 Å². The lowest BCUT2D eigenvalue weighted by Crippen LogP contribution is -2.09. The summed E-state index contributed by atoms with van der Waals surface area (Å²) < 4.78 is 24.0. The number of benzene rings is 1. The Morgan fingerprint density at radius 1 is 1.36 bits per heavy atom. The van der Waals surface area contributed by atoms with Gasteiger partial charge >= 0.3 is 0 Å². The van der Waals surface area contributed by atoms with E-state index in [2.05, 4.69) is 11.6 Å². The number of aliphatic hydroxyl groups is 1. The van der Waals surface area contributed by atoms with Gasteiger partial charge in [0.25, 0.3) is 0 Å². The first-order valence-corrected chi connectivity index (χ1v) is 5.86. The van der Waals surface area contributed by atoms with Gasteiger partial charge in [0, 0.05) is 5.69 Å². The summed E-state index contributed by atoms with van der Waals surface area (Å²) in [7, 11) is -3.24. The molecular formula is C9H12NO3S. The minimum Gasteiger partial charge on any atom is -0.388 e. The van der Waals surface area contributed by atoms with Crippen LogP contribution in [0.15, 0.2) is 24.3 Å². The van der Waals surface area contributed by atoms with E-state index in [0.717, 1.165) is 6.26 Å². The van der Waals surface area contributed by atoms with Crippen LogP contribution in [0.5, 0.6) is 0 Å². The van der Waals surface area contributed by atoms with Crippen molar-refractivity contribution >= 4 is 15.7 Å². The van der Waals surface area contributed by atoms with E-state index in [0.29, 0.717) is 11.3 Å². The third-order valence-electron chi connectivity index (χ3n) is 1.60. The Bertz CT molecular complexity index is 395. The van der Waals surface area contributed by atoms with Crippen LogP contribution in [0.3, 0.4) is 0 Å². The van der Waals surface area contributed by atoms with Gasteiger partial charge in [-0.2, -0.15) is 0 Å². The molecule has 0 aromatic heterocycles. The first-order chi connectivity index (χ1) is 6.38. The van der Waals surface area contributed by atoms with E-state index in [9.17, 15) is 8.42 Å². The molecule has 14 heavy (non-hydrogen) atoms. The monoisotopic (exact) mass is 214 g/mol. The van der Waals surface area contributed by atoms with Crippen LogP contribution in [0.2, 0.25) is 0 Å². The molecule has 0 aliphatic carbocycles. The van der Waals surface area contributed by atoms with Gasteiger partial charge in [-0.3, -0.25) is 4.72 Å². The molecule has 0 aliphatic rings. The molecule has 0 fully saturated rings. The van der Waals surface area contributed by atoms with Crippen molar-refractivity contribution in [2.75, 3.05) is 11.0 Å². The van der Waals surface area contributed by atoms with Gasteiger partial charge in [-0.15, -0.1) is 0 Å². The summed E-state index contributed by atoms with van der Waals surface area (Å²) in [4.78, 5) is 0. The lowest BCUT2D eigenvalue weighted by molar-refractivity contribution is 0.226. The van der Waals surface area contributed by atoms with Crippen LogP contribution in [0, 0.1) is 6.92 Å². The highest BCUT2D eigenvalue weighted by atomic mass is 32.2. The standard InChI is InChI=1S/C9H12NO3S/c1-7(11)8-3-5-9(6-4-8)10-14(2,12)13/h3-7,10-11H,1H2,2H3. The van der Waals surface area contributed by atoms with Crippen LogP contribution < -0.4 is 4.72 Å². The fourth-order valence-electron chi connectivity index (χ4n) is 0.987. The highest BCUT2D eigenvalue weighted by molar-refractivity contribution is 7.92. The summed E-state index contributed by atoms with van der Waals surface area (Å²) in [5, 5.41) is 9.10. The Hall–Kier alpha value is -1.07. The van der Waals surface area contributed by atoms with E-state index in [4.69, 9.17) is 5.11 Å². The molecule has 0 amide bonds. The molecule has 1 aromatic rings. The molecule has 0 heterocycles. The normalized spacial score (nSPS) is 13.6. The number of nitrogens with one attached hydrogen (secondary N) is 1. The smallest absolute Gasteiger partial charge is 0.229 e. The second-order valence-corrected chi connectivity index (χ2v) is 4.76. The van der Waals surface area contributed by atoms with Gasteiger partial charge in [0.2, 0.25) is 10.0 Å². The highest BCUT2D eigenvalue weighted by Crippen LogP contribution is 2.15. The van der Waals surface area contributed by atoms with Crippen molar-refractivity contribution in [1.82, 2.24) is 0 Å². The molecule has 5 heteroatoms. The third-order valence-corrected chi connectivity index (χ3v) is 2.21. The number of aliphatic hydroxyl groups excluding tert-OH is 1. The van der Waals surface area contributed by atoms with Crippen LogP contribution >= 0.6 is 0 Å². The lowest BCUT2D eigenvalue weighted by atomic mass is 10.1. The van der Waals surface area contributed by atoms with E-state index >= 15 is 0 Å². The SMILES string of the molecule is [CH2]C(O)c1ccc(NS(C)(=O)=O)cc1. The molecule has 0 saturated carbocycles. The number of anilines is 1. The van der Waals surface area contributed by atoms with Crippen molar-refractivity contribution in [2.45, 2.75) is 6.10 Å². The largest absolute Gasteiger partial charge is 0.388 e. The van der Waals surface area contributed by atoms with E-state index in [1.807, 2.05) is 0 Å². The lowest BCUT2D eigenvalue weighted by Gasteiger charge is -2.06. The van der Waals surface area contributed by atoms with E-state index < -0.39 is 16.1 Å². The third kappa shape index (κ3) is 3.35.